The van der Waals surface area contributed by atoms with Crippen molar-refractivity contribution < 1.29 is 13.9 Å². The predicted molar refractivity (Wildman–Crippen MR) is 63.0 cm³/mol. The number of carbonyl (C=O) groups is 1. The van der Waals surface area contributed by atoms with Crippen molar-refractivity contribution in [1.82, 2.24) is 0 Å². The SMILES string of the molecule is CCCC(=O)Oc1ccc2ccc(=O)oc2c1. The van der Waals surface area contributed by atoms with Gasteiger partial charge in [-0.15, -0.1) is 0 Å². The summed E-state index contributed by atoms with van der Waals surface area (Å²) in [6.45, 7) is 1.90. The fourth-order valence-electron chi connectivity index (χ4n) is 1.49. The van der Waals surface area contributed by atoms with Crippen molar-refractivity contribution in [3.05, 3.63) is 40.8 Å². The highest BCUT2D eigenvalue weighted by atomic mass is 16.5. The van der Waals surface area contributed by atoms with Crippen LogP contribution in [0.5, 0.6) is 5.75 Å². The Morgan fingerprint density at radius 2 is 2.06 bits per heavy atom. The van der Waals surface area contributed by atoms with E-state index in [1.807, 2.05) is 6.92 Å². The standard InChI is InChI=1S/C13H12O4/c1-2-3-12(14)16-10-6-4-9-5-7-13(15)17-11(9)8-10/h4-8H,2-3H2,1H3. The first-order chi connectivity index (χ1) is 8.19. The molecule has 0 saturated heterocycles. The third kappa shape index (κ3) is 2.72. The molecule has 0 radical (unpaired) electrons. The maximum atomic E-state index is 11.3. The molecule has 0 aliphatic heterocycles. The first-order valence-electron chi connectivity index (χ1n) is 5.43. The molecule has 1 heterocycles. The maximum absolute atomic E-state index is 11.3. The smallest absolute Gasteiger partial charge is 0.336 e. The van der Waals surface area contributed by atoms with E-state index in [1.54, 1.807) is 24.3 Å². The highest BCUT2D eigenvalue weighted by Crippen LogP contribution is 2.19. The fourth-order valence-corrected chi connectivity index (χ4v) is 1.49. The molecule has 88 valence electrons. The summed E-state index contributed by atoms with van der Waals surface area (Å²) in [6, 6.07) is 7.98. The molecule has 0 spiro atoms. The number of hydrogen-bond donors (Lipinski definition) is 0. The largest absolute Gasteiger partial charge is 0.426 e. The molecule has 17 heavy (non-hydrogen) atoms. The second-order valence-corrected chi connectivity index (χ2v) is 3.68. The van der Waals surface area contributed by atoms with Crippen LogP contribution in [0.2, 0.25) is 0 Å². The number of fused-ring (bicyclic) bond motifs is 1. The lowest BCUT2D eigenvalue weighted by Gasteiger charge is -2.03. The molecule has 0 saturated carbocycles. The first kappa shape index (κ1) is 11.4. The van der Waals surface area contributed by atoms with Gasteiger partial charge < -0.3 is 9.15 Å². The Morgan fingerprint density at radius 3 is 2.82 bits per heavy atom. The molecule has 0 fully saturated rings. The van der Waals surface area contributed by atoms with E-state index in [1.165, 1.54) is 6.07 Å². The monoisotopic (exact) mass is 232 g/mol. The Bertz CT molecular complexity index is 598. The second-order valence-electron chi connectivity index (χ2n) is 3.68. The molecule has 0 amide bonds. The fraction of sp³-hybridized carbons (Fsp3) is 0.231. The molecular formula is C13H12O4. The van der Waals surface area contributed by atoms with Gasteiger partial charge in [0.15, 0.2) is 0 Å². The number of ether oxygens (including phenoxy) is 1. The highest BCUT2D eigenvalue weighted by molar-refractivity contribution is 5.79. The molecule has 0 N–H and O–H groups in total. The lowest BCUT2D eigenvalue weighted by molar-refractivity contribution is -0.134. The van der Waals surface area contributed by atoms with E-state index in [4.69, 9.17) is 9.15 Å². The van der Waals surface area contributed by atoms with Crippen molar-refractivity contribution in [3.63, 3.8) is 0 Å². The van der Waals surface area contributed by atoms with Crippen molar-refractivity contribution in [2.24, 2.45) is 0 Å². The van der Waals surface area contributed by atoms with Gasteiger partial charge >= 0.3 is 11.6 Å². The van der Waals surface area contributed by atoms with Gasteiger partial charge in [-0.1, -0.05) is 6.92 Å². The van der Waals surface area contributed by atoms with Crippen LogP contribution in [0, 0.1) is 0 Å². The average molecular weight is 232 g/mol. The molecule has 2 rings (SSSR count). The van der Waals surface area contributed by atoms with Crippen LogP contribution in [-0.4, -0.2) is 5.97 Å². The normalized spacial score (nSPS) is 10.4. The van der Waals surface area contributed by atoms with E-state index in [-0.39, 0.29) is 5.97 Å². The van der Waals surface area contributed by atoms with Crippen LogP contribution in [0.3, 0.4) is 0 Å². The van der Waals surface area contributed by atoms with Gasteiger partial charge in [-0.25, -0.2) is 4.79 Å². The summed E-state index contributed by atoms with van der Waals surface area (Å²) in [5, 5.41) is 0.792. The quantitative estimate of drug-likeness (QED) is 0.463. The molecule has 0 atom stereocenters. The Balaban J connectivity index is 2.30. The molecule has 0 aliphatic rings. The summed E-state index contributed by atoms with van der Waals surface area (Å²) in [5.74, 6) is 0.107. The third-order valence-electron chi connectivity index (χ3n) is 2.28. The number of rotatable bonds is 3. The summed E-state index contributed by atoms with van der Waals surface area (Å²) in [7, 11) is 0. The van der Waals surface area contributed by atoms with Crippen LogP contribution in [0.1, 0.15) is 19.8 Å². The molecule has 4 nitrogen and oxygen atoms in total. The molecule has 0 unspecified atom stereocenters. The Kier molecular flexibility index (Phi) is 3.23. The summed E-state index contributed by atoms with van der Waals surface area (Å²) in [5.41, 5.74) is -0.00571. The zero-order chi connectivity index (χ0) is 12.3. The Morgan fingerprint density at radius 1 is 1.29 bits per heavy atom. The Labute approximate surface area is 97.8 Å². The van der Waals surface area contributed by atoms with Crippen LogP contribution in [-0.2, 0) is 4.79 Å². The molecule has 0 aliphatic carbocycles. The number of hydrogen-bond acceptors (Lipinski definition) is 4. The lowest BCUT2D eigenvalue weighted by Crippen LogP contribution is -2.06. The van der Waals surface area contributed by atoms with E-state index in [0.29, 0.717) is 17.8 Å². The minimum Gasteiger partial charge on any atom is -0.426 e. The van der Waals surface area contributed by atoms with Crippen molar-refractivity contribution in [3.8, 4) is 5.75 Å². The zero-order valence-corrected chi connectivity index (χ0v) is 9.43. The van der Waals surface area contributed by atoms with E-state index in [2.05, 4.69) is 0 Å². The first-order valence-corrected chi connectivity index (χ1v) is 5.43. The van der Waals surface area contributed by atoms with E-state index in [0.717, 1.165) is 11.8 Å². The van der Waals surface area contributed by atoms with Gasteiger partial charge in [-0.3, -0.25) is 4.79 Å². The molecule has 4 heteroatoms. The van der Waals surface area contributed by atoms with E-state index < -0.39 is 5.63 Å². The van der Waals surface area contributed by atoms with Gasteiger partial charge in [0.1, 0.15) is 11.3 Å². The number of esters is 1. The number of benzene rings is 1. The second kappa shape index (κ2) is 4.82. The molecule has 1 aromatic carbocycles. The minimum atomic E-state index is -0.422. The average Bonchev–Trinajstić information content (AvgIpc) is 2.28. The minimum absolute atomic E-state index is 0.287. The molecule has 2 aromatic rings. The van der Waals surface area contributed by atoms with Crippen molar-refractivity contribution in [2.75, 3.05) is 0 Å². The Hall–Kier alpha value is -2.10. The lowest BCUT2D eigenvalue weighted by atomic mass is 10.2. The van der Waals surface area contributed by atoms with Crippen molar-refractivity contribution in [1.29, 1.82) is 0 Å². The summed E-state index contributed by atoms with van der Waals surface area (Å²) < 4.78 is 10.1. The van der Waals surface area contributed by atoms with Crippen LogP contribution < -0.4 is 10.4 Å². The van der Waals surface area contributed by atoms with Gasteiger partial charge in [0.05, 0.1) is 0 Å². The van der Waals surface area contributed by atoms with Crippen molar-refractivity contribution >= 4 is 16.9 Å². The van der Waals surface area contributed by atoms with Gasteiger partial charge in [0.25, 0.3) is 0 Å². The van der Waals surface area contributed by atoms with E-state index >= 15 is 0 Å². The van der Waals surface area contributed by atoms with Crippen molar-refractivity contribution in [2.45, 2.75) is 19.8 Å². The molecular weight excluding hydrogens is 220 g/mol. The topological polar surface area (TPSA) is 56.5 Å². The summed E-state index contributed by atoms with van der Waals surface area (Å²) in [4.78, 5) is 22.3. The van der Waals surface area contributed by atoms with Gasteiger partial charge in [0, 0.05) is 23.9 Å². The van der Waals surface area contributed by atoms with Crippen LogP contribution in [0.4, 0.5) is 0 Å². The molecule has 1 aromatic heterocycles. The summed E-state index contributed by atoms with van der Waals surface area (Å²) >= 11 is 0. The van der Waals surface area contributed by atoms with Crippen LogP contribution in [0.25, 0.3) is 11.0 Å². The van der Waals surface area contributed by atoms with Crippen LogP contribution >= 0.6 is 0 Å². The predicted octanol–water partition coefficient (Wildman–Crippen LogP) is 2.50. The van der Waals surface area contributed by atoms with E-state index in [9.17, 15) is 9.59 Å². The zero-order valence-electron chi connectivity index (χ0n) is 9.43. The number of carbonyl (C=O) groups excluding carboxylic acids is 1. The van der Waals surface area contributed by atoms with Crippen LogP contribution in [0.15, 0.2) is 39.5 Å². The van der Waals surface area contributed by atoms with Gasteiger partial charge in [-0.05, 0) is 24.6 Å². The van der Waals surface area contributed by atoms with Gasteiger partial charge in [0.2, 0.25) is 0 Å². The molecule has 0 bridgehead atoms. The van der Waals surface area contributed by atoms with Gasteiger partial charge in [-0.2, -0.15) is 0 Å². The highest BCUT2D eigenvalue weighted by Gasteiger charge is 2.05. The maximum Gasteiger partial charge on any atom is 0.336 e. The summed E-state index contributed by atoms with van der Waals surface area (Å²) in [6.07, 6.45) is 1.11. The third-order valence-corrected chi connectivity index (χ3v) is 2.28.